The predicted octanol–water partition coefficient (Wildman–Crippen LogP) is 0.552. The molecule has 0 aliphatic carbocycles. The molecule has 2 atom stereocenters. The average Bonchev–Trinajstić information content (AvgIpc) is 2.12. The van der Waals surface area contributed by atoms with Crippen LogP contribution in [0.15, 0.2) is 0 Å². The summed E-state index contributed by atoms with van der Waals surface area (Å²) in [4.78, 5) is 22.6. The van der Waals surface area contributed by atoms with Crippen molar-refractivity contribution in [3.05, 3.63) is 0 Å². The summed E-state index contributed by atoms with van der Waals surface area (Å²) < 4.78 is 0. The molecule has 5 nitrogen and oxygen atoms in total. The zero-order chi connectivity index (χ0) is 12.7. The molecule has 0 aromatic carbocycles. The summed E-state index contributed by atoms with van der Waals surface area (Å²) in [5, 5.41) is 11.1. The quantitative estimate of drug-likeness (QED) is 0.691. The Labute approximate surface area is 96.0 Å². The molecule has 0 aliphatic rings. The van der Waals surface area contributed by atoms with Crippen LogP contribution in [0, 0.1) is 23.2 Å². The van der Waals surface area contributed by atoms with Gasteiger partial charge in [-0.3, -0.25) is 9.59 Å². The summed E-state index contributed by atoms with van der Waals surface area (Å²) in [6.45, 7) is 5.55. The fraction of sp³-hybridized carbons (Fsp3) is 0.727. The number of carbonyl (C=O) groups excluding carboxylic acids is 2. The number of nitrogens with one attached hydrogen (secondary N) is 1. The second kappa shape index (κ2) is 6.83. The van der Waals surface area contributed by atoms with Gasteiger partial charge in [0.2, 0.25) is 11.8 Å². The van der Waals surface area contributed by atoms with Gasteiger partial charge in [-0.05, 0) is 11.8 Å². The molecule has 0 heterocycles. The van der Waals surface area contributed by atoms with Crippen molar-refractivity contribution in [1.29, 1.82) is 5.26 Å². The molecule has 0 spiro atoms. The number of primary amides is 1. The maximum atomic E-state index is 11.5. The van der Waals surface area contributed by atoms with Gasteiger partial charge in [0.05, 0.1) is 6.07 Å². The van der Waals surface area contributed by atoms with Gasteiger partial charge in [0.25, 0.3) is 0 Å². The second-order valence-electron chi connectivity index (χ2n) is 4.39. The van der Waals surface area contributed by atoms with Crippen LogP contribution >= 0.6 is 0 Å². The summed E-state index contributed by atoms with van der Waals surface area (Å²) in [5.74, 6) is -0.846. The van der Waals surface area contributed by atoms with Gasteiger partial charge in [-0.25, -0.2) is 0 Å². The fourth-order valence-corrected chi connectivity index (χ4v) is 1.36. The van der Waals surface area contributed by atoms with Gasteiger partial charge in [-0.1, -0.05) is 20.8 Å². The van der Waals surface area contributed by atoms with Crippen molar-refractivity contribution in [1.82, 2.24) is 5.32 Å². The van der Waals surface area contributed by atoms with E-state index in [1.165, 1.54) is 0 Å². The molecule has 0 aliphatic heterocycles. The molecule has 16 heavy (non-hydrogen) atoms. The third-order valence-corrected chi connectivity index (χ3v) is 2.20. The molecule has 2 amide bonds. The summed E-state index contributed by atoms with van der Waals surface area (Å²) in [7, 11) is 0. The molecule has 0 rings (SSSR count). The van der Waals surface area contributed by atoms with E-state index >= 15 is 0 Å². The van der Waals surface area contributed by atoms with Crippen LogP contribution in [-0.4, -0.2) is 17.9 Å². The van der Waals surface area contributed by atoms with Gasteiger partial charge in [0, 0.05) is 12.8 Å². The molecule has 90 valence electrons. The molecule has 0 radical (unpaired) electrons. The largest absolute Gasteiger partial charge is 0.368 e. The molecule has 0 aromatic heterocycles. The minimum absolute atomic E-state index is 0.190. The Morgan fingerprint density at radius 2 is 1.94 bits per heavy atom. The molecule has 0 saturated carbocycles. The van der Waals surface area contributed by atoms with E-state index in [1.54, 1.807) is 6.92 Å². The standard InChI is InChI=1S/C11H19N3O2/c1-7(2)6-9(15)14-10(11(13)16)8(3)4-5-12/h7-8,10H,4,6H2,1-3H3,(H2,13,16)(H,14,15)/t8-,10-/m0/s1. The Bertz CT molecular complexity index is 294. The van der Waals surface area contributed by atoms with Crippen LogP contribution in [0.5, 0.6) is 0 Å². The van der Waals surface area contributed by atoms with Gasteiger partial charge >= 0.3 is 0 Å². The molecule has 0 saturated heterocycles. The number of hydrogen-bond donors (Lipinski definition) is 2. The minimum atomic E-state index is -0.758. The molecule has 0 aromatic rings. The van der Waals surface area contributed by atoms with Crippen molar-refractivity contribution >= 4 is 11.8 Å². The van der Waals surface area contributed by atoms with Gasteiger partial charge < -0.3 is 11.1 Å². The van der Waals surface area contributed by atoms with Gasteiger partial charge in [0.15, 0.2) is 0 Å². The molecule has 3 N–H and O–H groups in total. The highest BCUT2D eigenvalue weighted by molar-refractivity contribution is 5.86. The topological polar surface area (TPSA) is 96.0 Å². The van der Waals surface area contributed by atoms with Crippen molar-refractivity contribution in [2.24, 2.45) is 17.6 Å². The van der Waals surface area contributed by atoms with Crippen molar-refractivity contribution < 1.29 is 9.59 Å². The Kier molecular flexibility index (Phi) is 6.16. The maximum absolute atomic E-state index is 11.5. The lowest BCUT2D eigenvalue weighted by Crippen LogP contribution is -2.48. The lowest BCUT2D eigenvalue weighted by molar-refractivity contribution is -0.128. The number of hydrogen-bond acceptors (Lipinski definition) is 3. The lowest BCUT2D eigenvalue weighted by Gasteiger charge is -2.20. The third kappa shape index (κ3) is 5.35. The number of rotatable bonds is 6. The van der Waals surface area contributed by atoms with Crippen molar-refractivity contribution in [2.45, 2.75) is 39.7 Å². The summed E-state index contributed by atoms with van der Waals surface area (Å²) in [5.41, 5.74) is 5.18. The second-order valence-corrected chi connectivity index (χ2v) is 4.39. The smallest absolute Gasteiger partial charge is 0.240 e. The number of carbonyl (C=O) groups is 2. The fourth-order valence-electron chi connectivity index (χ4n) is 1.36. The van der Waals surface area contributed by atoms with E-state index < -0.39 is 11.9 Å². The Morgan fingerprint density at radius 1 is 1.38 bits per heavy atom. The lowest BCUT2D eigenvalue weighted by atomic mass is 9.98. The van der Waals surface area contributed by atoms with Crippen molar-refractivity contribution in [3.8, 4) is 6.07 Å². The first-order valence-electron chi connectivity index (χ1n) is 5.34. The predicted molar refractivity (Wildman–Crippen MR) is 60.0 cm³/mol. The third-order valence-electron chi connectivity index (χ3n) is 2.20. The average molecular weight is 225 g/mol. The number of nitrogens with two attached hydrogens (primary N) is 1. The van der Waals surface area contributed by atoms with Crippen molar-refractivity contribution in [2.75, 3.05) is 0 Å². The van der Waals surface area contributed by atoms with Crippen LogP contribution in [0.1, 0.15) is 33.6 Å². The Morgan fingerprint density at radius 3 is 2.31 bits per heavy atom. The van der Waals surface area contributed by atoms with Crippen LogP contribution in [0.3, 0.4) is 0 Å². The highest BCUT2D eigenvalue weighted by Gasteiger charge is 2.24. The number of amides is 2. The first-order chi connectivity index (χ1) is 7.38. The molecular weight excluding hydrogens is 206 g/mol. The van der Waals surface area contributed by atoms with Crippen LogP contribution in [0.25, 0.3) is 0 Å². The van der Waals surface area contributed by atoms with E-state index in [4.69, 9.17) is 11.0 Å². The van der Waals surface area contributed by atoms with Gasteiger partial charge in [-0.15, -0.1) is 0 Å². The molecular formula is C11H19N3O2. The van der Waals surface area contributed by atoms with Gasteiger partial charge in [0.1, 0.15) is 6.04 Å². The zero-order valence-corrected chi connectivity index (χ0v) is 9.99. The van der Waals surface area contributed by atoms with E-state index in [-0.39, 0.29) is 24.2 Å². The molecule has 0 bridgehead atoms. The molecule has 0 unspecified atom stereocenters. The van der Waals surface area contributed by atoms with E-state index in [2.05, 4.69) is 5.32 Å². The van der Waals surface area contributed by atoms with Crippen LogP contribution in [-0.2, 0) is 9.59 Å². The van der Waals surface area contributed by atoms with Gasteiger partial charge in [-0.2, -0.15) is 5.26 Å². The summed E-state index contributed by atoms with van der Waals surface area (Å²) in [6.07, 6.45) is 0.540. The summed E-state index contributed by atoms with van der Waals surface area (Å²) >= 11 is 0. The van der Waals surface area contributed by atoms with E-state index in [0.29, 0.717) is 6.42 Å². The van der Waals surface area contributed by atoms with E-state index in [1.807, 2.05) is 19.9 Å². The normalized spacial score (nSPS) is 13.9. The number of nitriles is 1. The highest BCUT2D eigenvalue weighted by Crippen LogP contribution is 2.08. The number of nitrogens with zero attached hydrogens (tertiary/aromatic N) is 1. The summed E-state index contributed by atoms with van der Waals surface area (Å²) in [6, 6.07) is 1.20. The molecule has 0 fully saturated rings. The maximum Gasteiger partial charge on any atom is 0.240 e. The van der Waals surface area contributed by atoms with Crippen LogP contribution < -0.4 is 11.1 Å². The van der Waals surface area contributed by atoms with E-state index in [0.717, 1.165) is 0 Å². The van der Waals surface area contributed by atoms with Crippen LogP contribution in [0.2, 0.25) is 0 Å². The zero-order valence-electron chi connectivity index (χ0n) is 9.99. The Balaban J connectivity index is 4.40. The van der Waals surface area contributed by atoms with E-state index in [9.17, 15) is 9.59 Å². The monoisotopic (exact) mass is 225 g/mol. The molecule has 5 heteroatoms. The van der Waals surface area contributed by atoms with Crippen LogP contribution in [0.4, 0.5) is 0 Å². The van der Waals surface area contributed by atoms with Crippen molar-refractivity contribution in [3.63, 3.8) is 0 Å². The first kappa shape index (κ1) is 14.4. The SMILES string of the molecule is CC(C)CC(=O)N[C@H](C(N)=O)[C@@H](C)CC#N. The Hall–Kier alpha value is -1.57. The minimum Gasteiger partial charge on any atom is -0.368 e. The first-order valence-corrected chi connectivity index (χ1v) is 5.34. The highest BCUT2D eigenvalue weighted by atomic mass is 16.2.